The van der Waals surface area contributed by atoms with Gasteiger partial charge in [0.1, 0.15) is 34.0 Å². The number of carbonyl (C=O) groups is 2. The van der Waals surface area contributed by atoms with E-state index in [1.165, 1.54) is 17.7 Å². The minimum Gasteiger partial charge on any atom is -0.335 e. The van der Waals surface area contributed by atoms with Gasteiger partial charge in [-0.2, -0.15) is 0 Å². The molecule has 2 amide bonds. The molecule has 3 aromatic rings. The van der Waals surface area contributed by atoms with Crippen LogP contribution in [0.15, 0.2) is 17.2 Å². The Morgan fingerprint density at radius 2 is 1.81 bits per heavy atom. The van der Waals surface area contributed by atoms with Crippen molar-refractivity contribution in [3.8, 4) is 0 Å². The lowest BCUT2D eigenvalue weighted by Gasteiger charge is -2.35. The van der Waals surface area contributed by atoms with E-state index in [9.17, 15) is 14.4 Å². The van der Waals surface area contributed by atoms with Gasteiger partial charge in [0, 0.05) is 26.2 Å². The maximum absolute atomic E-state index is 13.8. The number of nitrogens with zero attached hydrogens (tertiary/aromatic N) is 5. The minimum absolute atomic E-state index is 0.0109. The topological polar surface area (TPSA) is 112 Å². The van der Waals surface area contributed by atoms with Crippen molar-refractivity contribution in [1.82, 2.24) is 29.7 Å². The highest BCUT2D eigenvalue weighted by molar-refractivity contribution is 7.20. The highest BCUT2D eigenvalue weighted by atomic mass is 32.1. The lowest BCUT2D eigenvalue weighted by molar-refractivity contribution is 0.0668. The molecule has 11 heteroatoms. The van der Waals surface area contributed by atoms with Gasteiger partial charge in [-0.05, 0) is 63.8 Å². The fourth-order valence-electron chi connectivity index (χ4n) is 5.99. The fourth-order valence-corrected chi connectivity index (χ4v) is 7.10. The van der Waals surface area contributed by atoms with Gasteiger partial charge in [-0.25, -0.2) is 9.97 Å². The first-order valence-electron chi connectivity index (χ1n) is 12.9. The molecule has 0 radical (unpaired) electrons. The number of carbonyl (C=O) groups excluding carboxylic acids is 2. The Morgan fingerprint density at radius 1 is 1.08 bits per heavy atom. The molecule has 5 heterocycles. The Balaban J connectivity index is 1.40. The molecule has 1 aliphatic carbocycles. The number of thiophene rings is 1. The van der Waals surface area contributed by atoms with E-state index >= 15 is 0 Å². The predicted molar refractivity (Wildman–Crippen MR) is 143 cm³/mol. The van der Waals surface area contributed by atoms with E-state index in [1.54, 1.807) is 10.6 Å². The second-order valence-corrected chi connectivity index (χ2v) is 11.5. The molecule has 10 nitrogen and oxygen atoms in total. The number of amides is 2. The smallest absolute Gasteiger partial charge is 0.276 e. The SMILES string of the molecule is Cc1cc(Nc2ncnc3sc(C(=O)N4CCN(C)CC4)c(C)c23)c(=O)n2c1C(=O)NC21CCCCC1. The molecule has 0 bridgehead atoms. The first-order valence-corrected chi connectivity index (χ1v) is 13.7. The average molecular weight is 522 g/mol. The molecule has 0 unspecified atom stereocenters. The third kappa shape index (κ3) is 3.83. The van der Waals surface area contributed by atoms with E-state index in [2.05, 4.69) is 32.5 Å². The molecule has 3 aromatic heterocycles. The van der Waals surface area contributed by atoms with Crippen LogP contribution in [0.25, 0.3) is 10.2 Å². The van der Waals surface area contributed by atoms with E-state index < -0.39 is 5.66 Å². The number of fused-ring (bicyclic) bond motifs is 3. The van der Waals surface area contributed by atoms with Gasteiger partial charge in [0.15, 0.2) is 0 Å². The van der Waals surface area contributed by atoms with Gasteiger partial charge in [-0.3, -0.25) is 19.0 Å². The molecular weight excluding hydrogens is 490 g/mol. The molecule has 1 saturated heterocycles. The summed E-state index contributed by atoms with van der Waals surface area (Å²) < 4.78 is 1.67. The summed E-state index contributed by atoms with van der Waals surface area (Å²) in [7, 11) is 2.06. The summed E-state index contributed by atoms with van der Waals surface area (Å²) in [5, 5.41) is 7.12. The molecule has 2 fully saturated rings. The summed E-state index contributed by atoms with van der Waals surface area (Å²) in [5.41, 5.74) is 1.45. The monoisotopic (exact) mass is 521 g/mol. The standard InChI is InChI=1S/C26H31N7O3S/c1-15-13-17(24(35)33-19(15)22(34)30-26(33)7-5-4-6-8-26)29-21-18-16(2)20(37-23(18)28-14-27-21)25(36)32-11-9-31(3)10-12-32/h13-14H,4-12H2,1-3H3,(H,30,34)(H,27,28,29). The summed E-state index contributed by atoms with van der Waals surface area (Å²) in [5.74, 6) is 0.313. The molecule has 0 atom stereocenters. The largest absolute Gasteiger partial charge is 0.335 e. The maximum Gasteiger partial charge on any atom is 0.276 e. The molecule has 1 saturated carbocycles. The Labute approximate surface area is 218 Å². The zero-order chi connectivity index (χ0) is 25.9. The number of aromatic nitrogens is 3. The van der Waals surface area contributed by atoms with Crippen LogP contribution in [0, 0.1) is 13.8 Å². The fraction of sp³-hybridized carbons (Fsp3) is 0.500. The van der Waals surface area contributed by atoms with E-state index in [-0.39, 0.29) is 17.4 Å². The molecule has 37 heavy (non-hydrogen) atoms. The van der Waals surface area contributed by atoms with Crippen molar-refractivity contribution < 1.29 is 9.59 Å². The van der Waals surface area contributed by atoms with Crippen molar-refractivity contribution >= 4 is 44.9 Å². The zero-order valence-corrected chi connectivity index (χ0v) is 22.2. The van der Waals surface area contributed by atoms with Gasteiger partial charge in [0.05, 0.1) is 10.3 Å². The normalized spacial score (nSPS) is 19.3. The number of aryl methyl sites for hydroxylation is 2. The Bertz CT molecular complexity index is 1480. The lowest BCUT2D eigenvalue weighted by atomic mass is 9.89. The van der Waals surface area contributed by atoms with Gasteiger partial charge < -0.3 is 20.4 Å². The first-order chi connectivity index (χ1) is 17.8. The summed E-state index contributed by atoms with van der Waals surface area (Å²) in [6.45, 7) is 6.86. The third-order valence-corrected chi connectivity index (χ3v) is 9.21. The van der Waals surface area contributed by atoms with Crippen LogP contribution in [-0.4, -0.2) is 69.4 Å². The van der Waals surface area contributed by atoms with Gasteiger partial charge in [0.25, 0.3) is 17.4 Å². The number of pyridine rings is 1. The van der Waals surface area contributed by atoms with Crippen molar-refractivity contribution in [2.24, 2.45) is 0 Å². The molecule has 0 aromatic carbocycles. The van der Waals surface area contributed by atoms with Gasteiger partial charge in [0.2, 0.25) is 0 Å². The Kier molecular flexibility index (Phi) is 5.79. The maximum atomic E-state index is 13.8. The van der Waals surface area contributed by atoms with Crippen molar-refractivity contribution in [2.45, 2.75) is 51.6 Å². The van der Waals surface area contributed by atoms with Crippen LogP contribution in [0.1, 0.15) is 63.4 Å². The van der Waals surface area contributed by atoms with Gasteiger partial charge in [-0.15, -0.1) is 11.3 Å². The van der Waals surface area contributed by atoms with Crippen LogP contribution in [0.2, 0.25) is 0 Å². The van der Waals surface area contributed by atoms with Crippen molar-refractivity contribution in [2.75, 3.05) is 38.5 Å². The van der Waals surface area contributed by atoms with E-state index in [0.717, 1.165) is 61.7 Å². The summed E-state index contributed by atoms with van der Waals surface area (Å²) in [6, 6.07) is 1.72. The van der Waals surface area contributed by atoms with E-state index in [1.807, 2.05) is 18.7 Å². The third-order valence-electron chi connectivity index (χ3n) is 8.03. The first kappa shape index (κ1) is 24.1. The Morgan fingerprint density at radius 3 is 2.54 bits per heavy atom. The molecule has 194 valence electrons. The van der Waals surface area contributed by atoms with Crippen LogP contribution in [0.5, 0.6) is 0 Å². The number of piperazine rings is 1. The number of likely N-dealkylation sites (N-methyl/N-ethyl adjacent to an activating group) is 1. The second-order valence-electron chi connectivity index (χ2n) is 10.5. The van der Waals surface area contributed by atoms with Crippen LogP contribution in [-0.2, 0) is 5.66 Å². The predicted octanol–water partition coefficient (Wildman–Crippen LogP) is 2.96. The number of anilines is 2. The molecule has 2 aliphatic heterocycles. The van der Waals surface area contributed by atoms with E-state index in [0.29, 0.717) is 40.0 Å². The van der Waals surface area contributed by atoms with E-state index in [4.69, 9.17) is 0 Å². The summed E-state index contributed by atoms with van der Waals surface area (Å²) >= 11 is 1.36. The lowest BCUT2D eigenvalue weighted by Crippen LogP contribution is -2.48. The van der Waals surface area contributed by atoms with Crippen LogP contribution in [0.4, 0.5) is 11.5 Å². The quantitative estimate of drug-likeness (QED) is 0.545. The van der Waals surface area contributed by atoms with Crippen LogP contribution in [0.3, 0.4) is 0 Å². The zero-order valence-electron chi connectivity index (χ0n) is 21.4. The van der Waals surface area contributed by atoms with Crippen molar-refractivity contribution in [3.05, 3.63) is 44.4 Å². The van der Waals surface area contributed by atoms with Crippen LogP contribution < -0.4 is 16.2 Å². The summed E-state index contributed by atoms with van der Waals surface area (Å²) in [4.78, 5) is 54.4. The molecule has 6 rings (SSSR count). The van der Waals surface area contributed by atoms with Gasteiger partial charge in [-0.1, -0.05) is 6.42 Å². The molecule has 3 aliphatic rings. The highest BCUT2D eigenvalue weighted by Gasteiger charge is 2.45. The number of hydrogen-bond donors (Lipinski definition) is 2. The highest BCUT2D eigenvalue weighted by Crippen LogP contribution is 2.38. The minimum atomic E-state index is -0.661. The van der Waals surface area contributed by atoms with Crippen LogP contribution >= 0.6 is 11.3 Å². The number of hydrogen-bond acceptors (Lipinski definition) is 8. The Hall–Kier alpha value is -3.31. The second kappa shape index (κ2) is 8.91. The molecular formula is C26H31N7O3S. The molecule has 2 N–H and O–H groups in total. The van der Waals surface area contributed by atoms with Gasteiger partial charge >= 0.3 is 0 Å². The summed E-state index contributed by atoms with van der Waals surface area (Å²) in [6.07, 6.45) is 5.98. The average Bonchev–Trinajstić information content (AvgIpc) is 3.37. The number of rotatable bonds is 3. The number of nitrogens with one attached hydrogen (secondary N) is 2. The van der Waals surface area contributed by atoms with Crippen molar-refractivity contribution in [1.29, 1.82) is 0 Å². The van der Waals surface area contributed by atoms with Crippen molar-refractivity contribution in [3.63, 3.8) is 0 Å². The molecule has 1 spiro atoms.